The molecule has 128 valence electrons. The van der Waals surface area contributed by atoms with E-state index in [1.54, 1.807) is 0 Å². The summed E-state index contributed by atoms with van der Waals surface area (Å²) >= 11 is 5.81. The van der Waals surface area contributed by atoms with Crippen molar-refractivity contribution in [2.24, 2.45) is 0 Å². The van der Waals surface area contributed by atoms with Crippen LogP contribution in [0.4, 0.5) is 18.9 Å². The van der Waals surface area contributed by atoms with Crippen molar-refractivity contribution >= 4 is 33.2 Å². The number of benzene rings is 1. The van der Waals surface area contributed by atoms with Crippen LogP contribution in [0.2, 0.25) is 5.02 Å². The van der Waals surface area contributed by atoms with Gasteiger partial charge in [-0.15, -0.1) is 6.58 Å². The van der Waals surface area contributed by atoms with Crippen molar-refractivity contribution < 1.29 is 26.4 Å². The molecule has 0 fully saturated rings. The van der Waals surface area contributed by atoms with Crippen molar-refractivity contribution in [1.29, 1.82) is 0 Å². The molecule has 0 bridgehead atoms. The summed E-state index contributed by atoms with van der Waals surface area (Å²) in [7, 11) is -4.03. The zero-order valence-electron chi connectivity index (χ0n) is 12.0. The van der Waals surface area contributed by atoms with Crippen LogP contribution in [0.3, 0.4) is 0 Å². The number of halogens is 4. The molecule has 0 saturated carbocycles. The number of carbonyl (C=O) groups excluding carboxylic acids is 1. The molecule has 0 aromatic heterocycles. The Morgan fingerprint density at radius 1 is 1.43 bits per heavy atom. The third kappa shape index (κ3) is 5.43. The van der Waals surface area contributed by atoms with E-state index in [1.807, 2.05) is 0 Å². The van der Waals surface area contributed by atoms with Gasteiger partial charge in [-0.1, -0.05) is 17.7 Å². The number of alkyl halides is 3. The van der Waals surface area contributed by atoms with Crippen molar-refractivity contribution in [1.82, 2.24) is 5.32 Å². The van der Waals surface area contributed by atoms with Crippen molar-refractivity contribution in [3.63, 3.8) is 0 Å². The smallest absolute Gasteiger partial charge is 0.351 e. The zero-order valence-corrected chi connectivity index (χ0v) is 13.6. The van der Waals surface area contributed by atoms with Gasteiger partial charge in [0, 0.05) is 6.54 Å². The highest BCUT2D eigenvalue weighted by Crippen LogP contribution is 2.36. The van der Waals surface area contributed by atoms with E-state index in [1.165, 1.54) is 6.08 Å². The molecular weight excluding hydrogens is 357 g/mol. The Balaban J connectivity index is 3.28. The first-order valence-corrected chi connectivity index (χ1v) is 8.41. The molecule has 0 aliphatic heterocycles. The fourth-order valence-electron chi connectivity index (χ4n) is 1.63. The number of carbonyl (C=O) groups is 1. The van der Waals surface area contributed by atoms with Gasteiger partial charge in [0.2, 0.25) is 15.9 Å². The van der Waals surface area contributed by atoms with Gasteiger partial charge in [0.15, 0.2) is 0 Å². The number of rotatable bonds is 6. The zero-order chi connectivity index (χ0) is 17.8. The Morgan fingerprint density at radius 2 is 2.04 bits per heavy atom. The molecule has 0 unspecified atom stereocenters. The fourth-order valence-corrected chi connectivity index (χ4v) is 2.76. The normalized spacial score (nSPS) is 11.9. The van der Waals surface area contributed by atoms with Crippen molar-refractivity contribution in [3.05, 3.63) is 41.4 Å². The predicted molar refractivity (Wildman–Crippen MR) is 81.9 cm³/mol. The van der Waals surface area contributed by atoms with E-state index in [-0.39, 0.29) is 11.6 Å². The SMILES string of the molecule is C=CCNC(=O)CN(c1cc(C(F)(F)F)ccc1Cl)S(C)(=O)=O. The third-order valence-electron chi connectivity index (χ3n) is 2.67. The average Bonchev–Trinajstić information content (AvgIpc) is 2.41. The maximum atomic E-state index is 12.8. The minimum Gasteiger partial charge on any atom is -0.351 e. The average molecular weight is 371 g/mol. The topological polar surface area (TPSA) is 66.5 Å². The Bertz CT molecular complexity index is 705. The quantitative estimate of drug-likeness (QED) is 0.782. The number of hydrogen-bond acceptors (Lipinski definition) is 3. The highest BCUT2D eigenvalue weighted by atomic mass is 35.5. The van der Waals surface area contributed by atoms with Gasteiger partial charge in [-0.2, -0.15) is 13.2 Å². The number of anilines is 1. The molecule has 1 N–H and O–H groups in total. The highest BCUT2D eigenvalue weighted by Gasteiger charge is 2.33. The van der Waals surface area contributed by atoms with E-state index in [4.69, 9.17) is 11.6 Å². The summed E-state index contributed by atoms with van der Waals surface area (Å²) in [6.45, 7) is 2.77. The minimum atomic E-state index is -4.67. The maximum Gasteiger partial charge on any atom is 0.416 e. The lowest BCUT2D eigenvalue weighted by molar-refractivity contribution is -0.137. The van der Waals surface area contributed by atoms with Crippen molar-refractivity contribution in [2.45, 2.75) is 6.18 Å². The van der Waals surface area contributed by atoms with Crippen LogP contribution in [0, 0.1) is 0 Å². The summed E-state index contributed by atoms with van der Waals surface area (Å²) in [4.78, 5) is 11.7. The monoisotopic (exact) mass is 370 g/mol. The van der Waals surface area contributed by atoms with Gasteiger partial charge in [0.25, 0.3) is 0 Å². The Hall–Kier alpha value is -1.74. The lowest BCUT2D eigenvalue weighted by Gasteiger charge is -2.23. The number of amides is 1. The van der Waals surface area contributed by atoms with Gasteiger partial charge in [-0.3, -0.25) is 9.10 Å². The van der Waals surface area contributed by atoms with Crippen molar-refractivity contribution in [2.75, 3.05) is 23.7 Å². The molecule has 1 aromatic carbocycles. The number of hydrogen-bond donors (Lipinski definition) is 1. The van der Waals surface area contributed by atoms with Crippen LogP contribution >= 0.6 is 11.6 Å². The third-order valence-corrected chi connectivity index (χ3v) is 4.12. The maximum absolute atomic E-state index is 12.8. The Kier molecular flexibility index (Phi) is 6.06. The molecule has 23 heavy (non-hydrogen) atoms. The minimum absolute atomic E-state index is 0.0900. The van der Waals surface area contributed by atoms with Crippen LogP contribution in [-0.2, 0) is 21.0 Å². The van der Waals surface area contributed by atoms with E-state index in [2.05, 4.69) is 11.9 Å². The summed E-state index contributed by atoms with van der Waals surface area (Å²) < 4.78 is 62.6. The van der Waals surface area contributed by atoms with E-state index in [9.17, 15) is 26.4 Å². The molecule has 1 amide bonds. The summed E-state index contributed by atoms with van der Waals surface area (Å²) in [5.74, 6) is -0.705. The van der Waals surface area contributed by atoms with Crippen LogP contribution in [-0.4, -0.2) is 33.7 Å². The molecule has 0 radical (unpaired) electrons. The lowest BCUT2D eigenvalue weighted by Crippen LogP contribution is -2.40. The summed E-state index contributed by atoms with van der Waals surface area (Å²) in [5.41, 5.74) is -1.49. The second-order valence-electron chi connectivity index (χ2n) is 4.53. The van der Waals surface area contributed by atoms with Crippen molar-refractivity contribution in [3.8, 4) is 0 Å². The van der Waals surface area contributed by atoms with Gasteiger partial charge < -0.3 is 5.32 Å². The Labute approximate surface area is 136 Å². The first-order valence-electron chi connectivity index (χ1n) is 6.19. The van der Waals surface area contributed by atoms with Gasteiger partial charge in [0.1, 0.15) is 6.54 Å². The van der Waals surface area contributed by atoms with Crippen LogP contribution < -0.4 is 9.62 Å². The first-order chi connectivity index (χ1) is 10.5. The molecule has 0 aliphatic rings. The van der Waals surface area contributed by atoms with Crippen LogP contribution in [0.25, 0.3) is 0 Å². The van der Waals surface area contributed by atoms with Crippen LogP contribution in [0.15, 0.2) is 30.9 Å². The summed E-state index contributed by atoms with van der Waals surface area (Å²) in [6, 6.07) is 2.24. The second kappa shape index (κ2) is 7.22. The summed E-state index contributed by atoms with van der Waals surface area (Å²) in [6.07, 6.45) is -2.53. The van der Waals surface area contributed by atoms with E-state index >= 15 is 0 Å². The lowest BCUT2D eigenvalue weighted by atomic mass is 10.2. The standard InChI is InChI=1S/C13H14ClF3N2O3S/c1-3-6-18-12(20)8-19(23(2,21)22)11-7-9(13(15,16)17)4-5-10(11)14/h3-5,7H,1,6,8H2,2H3,(H,18,20). The molecule has 5 nitrogen and oxygen atoms in total. The molecule has 1 aromatic rings. The molecule has 10 heteroatoms. The van der Waals surface area contributed by atoms with E-state index in [0.717, 1.165) is 18.4 Å². The van der Waals surface area contributed by atoms with Gasteiger partial charge >= 0.3 is 6.18 Å². The Morgan fingerprint density at radius 3 is 2.52 bits per heavy atom. The molecule has 0 heterocycles. The van der Waals surface area contributed by atoms with Gasteiger partial charge in [-0.25, -0.2) is 8.42 Å². The number of sulfonamides is 1. The predicted octanol–water partition coefficient (Wildman–Crippen LogP) is 2.43. The molecule has 0 saturated heterocycles. The number of nitrogens with zero attached hydrogens (tertiary/aromatic N) is 1. The molecule has 0 spiro atoms. The van der Waals surface area contributed by atoms with Gasteiger partial charge in [0.05, 0.1) is 22.5 Å². The molecule has 0 atom stereocenters. The van der Waals surface area contributed by atoms with E-state index < -0.39 is 39.9 Å². The van der Waals surface area contributed by atoms with Crippen LogP contribution in [0.5, 0.6) is 0 Å². The molecule has 1 rings (SSSR count). The highest BCUT2D eigenvalue weighted by molar-refractivity contribution is 7.92. The molecule has 0 aliphatic carbocycles. The van der Waals surface area contributed by atoms with Crippen LogP contribution in [0.1, 0.15) is 5.56 Å². The molecular formula is C13H14ClF3N2O3S. The number of nitrogens with one attached hydrogen (secondary N) is 1. The second-order valence-corrected chi connectivity index (χ2v) is 6.84. The van der Waals surface area contributed by atoms with E-state index in [0.29, 0.717) is 10.4 Å². The first kappa shape index (κ1) is 19.3. The largest absolute Gasteiger partial charge is 0.416 e. The van der Waals surface area contributed by atoms with Gasteiger partial charge in [-0.05, 0) is 18.2 Å². The fraction of sp³-hybridized carbons (Fsp3) is 0.308. The summed E-state index contributed by atoms with van der Waals surface area (Å²) in [5, 5.41) is 2.12.